The first-order valence-corrected chi connectivity index (χ1v) is 8.41. The second kappa shape index (κ2) is 4.92. The predicted molar refractivity (Wildman–Crippen MR) is 74.3 cm³/mol. The molecule has 0 aliphatic carbocycles. The Morgan fingerprint density at radius 2 is 2.17 bits per heavy atom. The molecule has 1 fully saturated rings. The molecule has 2 rings (SSSR count). The number of hydrogen-bond donors (Lipinski definition) is 1. The molecule has 2 heterocycles. The van der Waals surface area contributed by atoms with E-state index in [9.17, 15) is 8.42 Å². The summed E-state index contributed by atoms with van der Waals surface area (Å²) in [6.07, 6.45) is 0.860. The maximum atomic E-state index is 12.5. The zero-order valence-electron chi connectivity index (χ0n) is 11.0. The second-order valence-electron chi connectivity index (χ2n) is 5.05. The van der Waals surface area contributed by atoms with Crippen molar-refractivity contribution in [1.29, 1.82) is 0 Å². The Labute approximate surface area is 113 Å². The van der Waals surface area contributed by atoms with Crippen LogP contribution in [0.3, 0.4) is 0 Å². The third kappa shape index (κ3) is 2.47. The van der Waals surface area contributed by atoms with Crippen LogP contribution in [0.5, 0.6) is 0 Å². The van der Waals surface area contributed by atoms with Gasteiger partial charge in [-0.05, 0) is 39.2 Å². The summed E-state index contributed by atoms with van der Waals surface area (Å²) in [4.78, 5) is 2.38. The Morgan fingerprint density at radius 3 is 2.61 bits per heavy atom. The van der Waals surface area contributed by atoms with E-state index in [1.807, 2.05) is 20.8 Å². The van der Waals surface area contributed by atoms with Crippen molar-refractivity contribution in [3.8, 4) is 0 Å². The lowest BCUT2D eigenvalue weighted by Gasteiger charge is -2.17. The average molecular weight is 288 g/mol. The Morgan fingerprint density at radius 1 is 1.50 bits per heavy atom. The molecular weight excluding hydrogens is 268 g/mol. The summed E-state index contributed by atoms with van der Waals surface area (Å²) in [5.41, 5.74) is 5.86. The van der Waals surface area contributed by atoms with Gasteiger partial charge in [0.25, 0.3) is 0 Å². The lowest BCUT2D eigenvalue weighted by Crippen LogP contribution is -2.33. The van der Waals surface area contributed by atoms with Crippen LogP contribution in [-0.2, 0) is 10.0 Å². The SMILES string of the molecule is Cc1cc(S(=O)(=O)N2CCC(C(C)N)C2)c(C)s1. The molecule has 1 aromatic rings. The lowest BCUT2D eigenvalue weighted by atomic mass is 10.0. The molecule has 102 valence electrons. The third-order valence-corrected chi connectivity index (χ3v) is 6.63. The number of nitrogens with two attached hydrogens (primary N) is 1. The first-order valence-electron chi connectivity index (χ1n) is 6.15. The Balaban J connectivity index is 2.26. The first-order chi connectivity index (χ1) is 8.32. The highest BCUT2D eigenvalue weighted by atomic mass is 32.2. The molecule has 2 atom stereocenters. The Bertz CT molecular complexity index is 534. The molecule has 2 unspecified atom stereocenters. The van der Waals surface area contributed by atoms with E-state index in [1.54, 1.807) is 10.4 Å². The number of hydrogen-bond acceptors (Lipinski definition) is 4. The van der Waals surface area contributed by atoms with Crippen LogP contribution in [0.25, 0.3) is 0 Å². The molecular formula is C12H20N2O2S2. The maximum absolute atomic E-state index is 12.5. The average Bonchev–Trinajstić information content (AvgIpc) is 2.85. The van der Waals surface area contributed by atoms with E-state index < -0.39 is 10.0 Å². The van der Waals surface area contributed by atoms with E-state index in [0.29, 0.717) is 18.0 Å². The first kappa shape index (κ1) is 14.0. The van der Waals surface area contributed by atoms with Crippen molar-refractivity contribution in [2.24, 2.45) is 11.7 Å². The van der Waals surface area contributed by atoms with Gasteiger partial charge in [0.05, 0.1) is 4.90 Å². The van der Waals surface area contributed by atoms with Gasteiger partial charge >= 0.3 is 0 Å². The summed E-state index contributed by atoms with van der Waals surface area (Å²) in [5.74, 6) is 0.278. The van der Waals surface area contributed by atoms with Gasteiger partial charge in [0.2, 0.25) is 10.0 Å². The van der Waals surface area contributed by atoms with Crippen LogP contribution in [0.1, 0.15) is 23.1 Å². The van der Waals surface area contributed by atoms with E-state index in [4.69, 9.17) is 5.73 Å². The van der Waals surface area contributed by atoms with Gasteiger partial charge in [-0.15, -0.1) is 11.3 Å². The normalized spacial score (nSPS) is 23.4. The predicted octanol–water partition coefficient (Wildman–Crippen LogP) is 1.72. The quantitative estimate of drug-likeness (QED) is 0.921. The molecule has 1 aromatic heterocycles. The number of thiophene rings is 1. The van der Waals surface area contributed by atoms with E-state index in [2.05, 4.69) is 0 Å². The van der Waals surface area contributed by atoms with Crippen molar-refractivity contribution < 1.29 is 8.42 Å². The van der Waals surface area contributed by atoms with Gasteiger partial charge in [0.1, 0.15) is 0 Å². The second-order valence-corrected chi connectivity index (χ2v) is 8.42. The van der Waals surface area contributed by atoms with E-state index in [-0.39, 0.29) is 12.0 Å². The van der Waals surface area contributed by atoms with Crippen LogP contribution < -0.4 is 5.73 Å². The molecule has 1 aliphatic heterocycles. The van der Waals surface area contributed by atoms with Gasteiger partial charge in [-0.25, -0.2) is 8.42 Å². The molecule has 4 nitrogen and oxygen atoms in total. The molecule has 0 amide bonds. The highest BCUT2D eigenvalue weighted by Gasteiger charge is 2.35. The molecule has 0 aromatic carbocycles. The lowest BCUT2D eigenvalue weighted by molar-refractivity contribution is 0.429. The summed E-state index contributed by atoms with van der Waals surface area (Å²) in [6.45, 7) is 6.88. The smallest absolute Gasteiger partial charge is 0.244 e. The fraction of sp³-hybridized carbons (Fsp3) is 0.667. The molecule has 2 N–H and O–H groups in total. The van der Waals surface area contributed by atoms with Crippen molar-refractivity contribution >= 4 is 21.4 Å². The van der Waals surface area contributed by atoms with E-state index in [1.165, 1.54) is 11.3 Å². The van der Waals surface area contributed by atoms with Crippen LogP contribution in [0.4, 0.5) is 0 Å². The largest absolute Gasteiger partial charge is 0.328 e. The molecule has 0 spiro atoms. The van der Waals surface area contributed by atoms with Gasteiger partial charge in [-0.2, -0.15) is 4.31 Å². The van der Waals surface area contributed by atoms with E-state index in [0.717, 1.165) is 16.2 Å². The number of aryl methyl sites for hydroxylation is 2. The summed E-state index contributed by atoms with van der Waals surface area (Å²) in [7, 11) is -3.33. The molecule has 1 saturated heterocycles. The monoisotopic (exact) mass is 288 g/mol. The summed E-state index contributed by atoms with van der Waals surface area (Å²) < 4.78 is 26.6. The highest BCUT2D eigenvalue weighted by molar-refractivity contribution is 7.89. The Hall–Kier alpha value is -0.430. The zero-order chi connectivity index (χ0) is 13.5. The van der Waals surface area contributed by atoms with Crippen molar-refractivity contribution in [2.75, 3.05) is 13.1 Å². The molecule has 0 bridgehead atoms. The van der Waals surface area contributed by atoms with Gasteiger partial charge in [0, 0.05) is 28.9 Å². The number of sulfonamides is 1. The molecule has 18 heavy (non-hydrogen) atoms. The molecule has 0 saturated carbocycles. The molecule has 0 radical (unpaired) electrons. The topological polar surface area (TPSA) is 63.4 Å². The van der Waals surface area contributed by atoms with Gasteiger partial charge in [0.15, 0.2) is 0 Å². The minimum absolute atomic E-state index is 0.0514. The minimum atomic E-state index is -3.33. The maximum Gasteiger partial charge on any atom is 0.244 e. The standard InChI is InChI=1S/C12H20N2O2S2/c1-8-6-12(10(3)17-8)18(15,16)14-5-4-11(7-14)9(2)13/h6,9,11H,4-5,7,13H2,1-3H3. The van der Waals surface area contributed by atoms with Gasteiger partial charge in [-0.1, -0.05) is 0 Å². The van der Waals surface area contributed by atoms with Crippen LogP contribution >= 0.6 is 11.3 Å². The van der Waals surface area contributed by atoms with Crippen molar-refractivity contribution in [2.45, 2.75) is 38.1 Å². The molecule has 1 aliphatic rings. The summed E-state index contributed by atoms with van der Waals surface area (Å²) in [6, 6.07) is 1.82. The van der Waals surface area contributed by atoms with Crippen molar-refractivity contribution in [3.05, 3.63) is 15.8 Å². The summed E-state index contributed by atoms with van der Waals surface area (Å²) in [5, 5.41) is 0. The minimum Gasteiger partial charge on any atom is -0.328 e. The van der Waals surface area contributed by atoms with Crippen molar-refractivity contribution in [3.63, 3.8) is 0 Å². The fourth-order valence-corrected chi connectivity index (χ4v) is 5.44. The number of nitrogens with zero attached hydrogens (tertiary/aromatic N) is 1. The van der Waals surface area contributed by atoms with Crippen molar-refractivity contribution in [1.82, 2.24) is 4.31 Å². The van der Waals surface area contributed by atoms with Crippen LogP contribution in [-0.4, -0.2) is 31.9 Å². The third-order valence-electron chi connectivity index (χ3n) is 3.54. The van der Waals surface area contributed by atoms with Gasteiger partial charge < -0.3 is 5.73 Å². The number of rotatable bonds is 3. The van der Waals surface area contributed by atoms with Crippen LogP contribution in [0.15, 0.2) is 11.0 Å². The zero-order valence-corrected chi connectivity index (χ0v) is 12.6. The van der Waals surface area contributed by atoms with Crippen LogP contribution in [0.2, 0.25) is 0 Å². The van der Waals surface area contributed by atoms with E-state index >= 15 is 0 Å². The van der Waals surface area contributed by atoms with Gasteiger partial charge in [-0.3, -0.25) is 0 Å². The Kier molecular flexibility index (Phi) is 3.82. The fourth-order valence-electron chi connectivity index (χ4n) is 2.40. The highest BCUT2D eigenvalue weighted by Crippen LogP contribution is 2.31. The van der Waals surface area contributed by atoms with Crippen LogP contribution in [0, 0.1) is 19.8 Å². The summed E-state index contributed by atoms with van der Waals surface area (Å²) >= 11 is 1.53. The molecule has 6 heteroatoms.